The molecule has 0 heterocycles. The zero-order valence-electron chi connectivity index (χ0n) is 10.7. The van der Waals surface area contributed by atoms with Gasteiger partial charge in [-0.1, -0.05) is 26.0 Å². The van der Waals surface area contributed by atoms with Crippen molar-refractivity contribution in [2.24, 2.45) is 5.92 Å². The number of benzene rings is 1. The van der Waals surface area contributed by atoms with Crippen LogP contribution in [0, 0.1) is 17.2 Å². The largest absolute Gasteiger partial charge is 0.479 e. The second kappa shape index (κ2) is 6.93. The number of ether oxygens (including phenoxy) is 1. The van der Waals surface area contributed by atoms with Gasteiger partial charge in [0.15, 0.2) is 6.61 Å². The Morgan fingerprint density at radius 3 is 2.76 bits per heavy atom. The molecule has 0 saturated heterocycles. The van der Waals surface area contributed by atoms with Crippen molar-refractivity contribution < 1.29 is 4.74 Å². The molecule has 1 unspecified atom stereocenters. The van der Waals surface area contributed by atoms with Crippen LogP contribution in [0.2, 0.25) is 0 Å². The minimum atomic E-state index is 0.0965. The fourth-order valence-corrected chi connectivity index (χ4v) is 1.38. The van der Waals surface area contributed by atoms with E-state index in [9.17, 15) is 0 Å². The van der Waals surface area contributed by atoms with E-state index in [1.54, 1.807) is 0 Å². The summed E-state index contributed by atoms with van der Waals surface area (Å²) in [6.07, 6.45) is 0. The molecule has 0 saturated carbocycles. The molecule has 1 aromatic rings. The van der Waals surface area contributed by atoms with E-state index in [1.807, 2.05) is 24.3 Å². The lowest BCUT2D eigenvalue weighted by Crippen LogP contribution is -2.30. The van der Waals surface area contributed by atoms with Crippen LogP contribution in [0.25, 0.3) is 0 Å². The molecule has 3 heteroatoms. The number of hydrogen-bond acceptors (Lipinski definition) is 3. The zero-order chi connectivity index (χ0) is 12.7. The highest BCUT2D eigenvalue weighted by Gasteiger charge is 2.05. The molecule has 1 N–H and O–H groups in total. The van der Waals surface area contributed by atoms with Gasteiger partial charge in [0.25, 0.3) is 0 Å². The fraction of sp³-hybridized carbons (Fsp3) is 0.500. The normalized spacial score (nSPS) is 12.2. The second-order valence-corrected chi connectivity index (χ2v) is 4.51. The third-order valence-corrected chi connectivity index (χ3v) is 2.83. The van der Waals surface area contributed by atoms with E-state index < -0.39 is 0 Å². The van der Waals surface area contributed by atoms with Gasteiger partial charge in [0, 0.05) is 12.6 Å². The lowest BCUT2D eigenvalue weighted by atomic mass is 10.1. The molecular formula is C14H20N2O. The highest BCUT2D eigenvalue weighted by molar-refractivity contribution is 5.28. The summed E-state index contributed by atoms with van der Waals surface area (Å²) in [5.74, 6) is 1.37. The summed E-state index contributed by atoms with van der Waals surface area (Å²) in [5, 5.41) is 11.9. The van der Waals surface area contributed by atoms with Gasteiger partial charge in [0.1, 0.15) is 11.8 Å². The standard InChI is InChI=1S/C14H20N2O/c1-11(2)12(3)16-10-13-5-4-6-14(9-13)17-8-7-15/h4-6,9,11-12,16H,8,10H2,1-3H3. The lowest BCUT2D eigenvalue weighted by molar-refractivity contribution is 0.367. The van der Waals surface area contributed by atoms with E-state index >= 15 is 0 Å². The number of nitrogens with one attached hydrogen (secondary N) is 1. The van der Waals surface area contributed by atoms with Gasteiger partial charge in [-0.25, -0.2) is 0 Å². The Bertz CT molecular complexity index is 382. The van der Waals surface area contributed by atoms with E-state index in [1.165, 1.54) is 5.56 Å². The molecule has 0 aromatic heterocycles. The van der Waals surface area contributed by atoms with Crippen LogP contribution in [0.5, 0.6) is 5.75 Å². The SMILES string of the molecule is CC(C)C(C)NCc1cccc(OCC#N)c1. The van der Waals surface area contributed by atoms with E-state index in [-0.39, 0.29) is 6.61 Å². The van der Waals surface area contributed by atoms with Crippen LogP contribution in [0.4, 0.5) is 0 Å². The predicted octanol–water partition coefficient (Wildman–Crippen LogP) is 2.72. The van der Waals surface area contributed by atoms with Crippen molar-refractivity contribution in [2.45, 2.75) is 33.4 Å². The van der Waals surface area contributed by atoms with Crippen LogP contribution in [0.15, 0.2) is 24.3 Å². The first-order chi connectivity index (χ1) is 8.13. The van der Waals surface area contributed by atoms with Gasteiger partial charge < -0.3 is 10.1 Å². The summed E-state index contributed by atoms with van der Waals surface area (Å²) < 4.78 is 5.26. The first kappa shape index (κ1) is 13.5. The Balaban J connectivity index is 2.51. The lowest BCUT2D eigenvalue weighted by Gasteiger charge is -2.17. The molecule has 0 amide bonds. The smallest absolute Gasteiger partial charge is 0.174 e. The Hall–Kier alpha value is -1.53. The summed E-state index contributed by atoms with van der Waals surface area (Å²) >= 11 is 0. The maximum atomic E-state index is 8.45. The molecule has 0 bridgehead atoms. The number of rotatable bonds is 6. The highest BCUT2D eigenvalue weighted by Crippen LogP contribution is 2.13. The van der Waals surface area contributed by atoms with E-state index in [0.717, 1.165) is 12.3 Å². The minimum absolute atomic E-state index is 0.0965. The summed E-state index contributed by atoms with van der Waals surface area (Å²) in [4.78, 5) is 0. The summed E-state index contributed by atoms with van der Waals surface area (Å²) in [5.41, 5.74) is 1.17. The molecule has 0 aliphatic heterocycles. The fourth-order valence-electron chi connectivity index (χ4n) is 1.38. The van der Waals surface area contributed by atoms with E-state index in [4.69, 9.17) is 10.00 Å². The van der Waals surface area contributed by atoms with Crippen LogP contribution < -0.4 is 10.1 Å². The first-order valence-electron chi connectivity index (χ1n) is 5.95. The van der Waals surface area contributed by atoms with Gasteiger partial charge in [-0.3, -0.25) is 0 Å². The number of hydrogen-bond donors (Lipinski definition) is 1. The van der Waals surface area contributed by atoms with Crippen molar-refractivity contribution in [1.29, 1.82) is 5.26 Å². The predicted molar refractivity (Wildman–Crippen MR) is 68.7 cm³/mol. The van der Waals surface area contributed by atoms with Crippen molar-refractivity contribution in [2.75, 3.05) is 6.61 Å². The van der Waals surface area contributed by atoms with Gasteiger partial charge in [-0.15, -0.1) is 0 Å². The van der Waals surface area contributed by atoms with Gasteiger partial charge in [0.05, 0.1) is 0 Å². The van der Waals surface area contributed by atoms with Crippen LogP contribution in [0.3, 0.4) is 0 Å². The van der Waals surface area contributed by atoms with E-state index in [0.29, 0.717) is 12.0 Å². The van der Waals surface area contributed by atoms with Crippen LogP contribution in [-0.4, -0.2) is 12.6 Å². The van der Waals surface area contributed by atoms with E-state index in [2.05, 4.69) is 32.2 Å². The Morgan fingerprint density at radius 1 is 1.35 bits per heavy atom. The molecule has 0 aliphatic rings. The van der Waals surface area contributed by atoms with Crippen molar-refractivity contribution in [3.63, 3.8) is 0 Å². The maximum Gasteiger partial charge on any atom is 0.174 e. The maximum absolute atomic E-state index is 8.45. The Kier molecular flexibility index (Phi) is 5.51. The molecule has 0 radical (unpaired) electrons. The molecule has 1 aromatic carbocycles. The van der Waals surface area contributed by atoms with Crippen molar-refractivity contribution in [3.05, 3.63) is 29.8 Å². The van der Waals surface area contributed by atoms with Gasteiger partial charge in [0.2, 0.25) is 0 Å². The molecule has 1 atom stereocenters. The van der Waals surface area contributed by atoms with Crippen molar-refractivity contribution in [3.8, 4) is 11.8 Å². The Morgan fingerprint density at radius 2 is 2.12 bits per heavy atom. The van der Waals surface area contributed by atoms with Crippen LogP contribution in [-0.2, 0) is 6.54 Å². The van der Waals surface area contributed by atoms with Gasteiger partial charge in [-0.2, -0.15) is 5.26 Å². The monoisotopic (exact) mass is 232 g/mol. The van der Waals surface area contributed by atoms with Crippen molar-refractivity contribution >= 4 is 0 Å². The Labute approximate surface area is 103 Å². The van der Waals surface area contributed by atoms with Gasteiger partial charge in [-0.05, 0) is 30.5 Å². The molecule has 92 valence electrons. The summed E-state index contributed by atoms with van der Waals surface area (Å²) in [6, 6.07) is 10.3. The average Bonchev–Trinajstić information content (AvgIpc) is 2.33. The molecule has 17 heavy (non-hydrogen) atoms. The minimum Gasteiger partial charge on any atom is -0.479 e. The average molecular weight is 232 g/mol. The highest BCUT2D eigenvalue weighted by atomic mass is 16.5. The molecule has 0 fully saturated rings. The number of nitrogens with zero attached hydrogens (tertiary/aromatic N) is 1. The third kappa shape index (κ3) is 4.88. The van der Waals surface area contributed by atoms with Gasteiger partial charge >= 0.3 is 0 Å². The summed E-state index contributed by atoms with van der Waals surface area (Å²) in [6.45, 7) is 7.50. The van der Waals surface area contributed by atoms with Crippen LogP contribution >= 0.6 is 0 Å². The molecular weight excluding hydrogens is 212 g/mol. The molecule has 3 nitrogen and oxygen atoms in total. The second-order valence-electron chi connectivity index (χ2n) is 4.51. The van der Waals surface area contributed by atoms with Crippen molar-refractivity contribution in [1.82, 2.24) is 5.32 Å². The topological polar surface area (TPSA) is 45.0 Å². The zero-order valence-corrected chi connectivity index (χ0v) is 10.7. The summed E-state index contributed by atoms with van der Waals surface area (Å²) in [7, 11) is 0. The third-order valence-electron chi connectivity index (χ3n) is 2.83. The van der Waals surface area contributed by atoms with Crippen LogP contribution in [0.1, 0.15) is 26.3 Å². The molecule has 0 aliphatic carbocycles. The molecule has 0 spiro atoms. The first-order valence-corrected chi connectivity index (χ1v) is 5.95. The molecule has 1 rings (SSSR count). The quantitative estimate of drug-likeness (QED) is 0.820. The number of nitriles is 1.